The molecule has 278 valence electrons. The molecule has 0 bridgehead atoms. The fourth-order valence-corrected chi connectivity index (χ4v) is 8.19. The quantitative estimate of drug-likeness (QED) is 0.203. The van der Waals surface area contributed by atoms with E-state index < -0.39 is 11.9 Å². The van der Waals surface area contributed by atoms with Gasteiger partial charge in [-0.05, 0) is 65.6 Å². The van der Waals surface area contributed by atoms with Gasteiger partial charge < -0.3 is 29.3 Å². The molecule has 12 heteroatoms. The van der Waals surface area contributed by atoms with Crippen LogP contribution in [0.5, 0.6) is 11.5 Å². The average molecular weight is 729 g/mol. The molecule has 1 saturated carbocycles. The van der Waals surface area contributed by atoms with Crippen LogP contribution in [0.15, 0.2) is 79.0 Å². The van der Waals surface area contributed by atoms with Crippen molar-refractivity contribution >= 4 is 29.4 Å². The molecule has 5 heterocycles. The zero-order valence-corrected chi connectivity index (χ0v) is 30.5. The molecule has 5 aliphatic rings. The molecule has 2 N–H and O–H groups in total. The van der Waals surface area contributed by atoms with Gasteiger partial charge in [0, 0.05) is 67.8 Å². The maximum Gasteiger partial charge on any atom is 0.255 e. The van der Waals surface area contributed by atoms with Crippen molar-refractivity contribution in [3.05, 3.63) is 107 Å². The molecule has 9 rings (SSSR count). The van der Waals surface area contributed by atoms with E-state index in [0.29, 0.717) is 30.6 Å². The van der Waals surface area contributed by atoms with Gasteiger partial charge in [0.05, 0.1) is 24.3 Å². The predicted molar refractivity (Wildman–Crippen MR) is 200 cm³/mol. The van der Waals surface area contributed by atoms with Crippen molar-refractivity contribution in [1.29, 1.82) is 0 Å². The van der Waals surface area contributed by atoms with Crippen molar-refractivity contribution in [2.24, 2.45) is 5.41 Å². The third-order valence-electron chi connectivity index (χ3n) is 11.7. The number of hydrogen-bond acceptors (Lipinski definition) is 10. The largest absolute Gasteiger partial charge is 0.490 e. The lowest BCUT2D eigenvalue weighted by Crippen LogP contribution is -2.66. The minimum absolute atomic E-state index is 0.104. The zero-order valence-electron chi connectivity index (χ0n) is 30.5. The maximum absolute atomic E-state index is 13.2. The van der Waals surface area contributed by atoms with Gasteiger partial charge in [-0.2, -0.15) is 0 Å². The zero-order chi connectivity index (χ0) is 37.0. The van der Waals surface area contributed by atoms with Crippen molar-refractivity contribution in [2.45, 2.75) is 76.3 Å². The number of imide groups is 1. The topological polar surface area (TPSA) is 135 Å². The first kappa shape index (κ1) is 34.3. The van der Waals surface area contributed by atoms with Crippen molar-refractivity contribution in [3.63, 3.8) is 0 Å². The summed E-state index contributed by atoms with van der Waals surface area (Å²) in [5.41, 5.74) is 5.69. The molecular weight excluding hydrogens is 684 g/mol. The smallest absolute Gasteiger partial charge is 0.255 e. The van der Waals surface area contributed by atoms with Crippen LogP contribution in [-0.4, -0.2) is 77.1 Å². The summed E-state index contributed by atoms with van der Waals surface area (Å²) >= 11 is 0. The number of carbonyl (C=O) groups excluding carboxylic acids is 3. The molecule has 1 aliphatic carbocycles. The molecule has 4 aliphatic heterocycles. The van der Waals surface area contributed by atoms with Crippen molar-refractivity contribution in [1.82, 2.24) is 20.2 Å². The average Bonchev–Trinajstić information content (AvgIpc) is 3.44. The Labute approximate surface area is 314 Å². The Morgan fingerprint density at radius 2 is 1.67 bits per heavy atom. The number of ether oxygens (including phenoxy) is 3. The Balaban J connectivity index is 0.741. The molecule has 0 radical (unpaired) electrons. The van der Waals surface area contributed by atoms with Crippen LogP contribution in [0.2, 0.25) is 0 Å². The van der Waals surface area contributed by atoms with Crippen LogP contribution >= 0.6 is 0 Å². The van der Waals surface area contributed by atoms with Crippen molar-refractivity contribution in [2.75, 3.05) is 36.5 Å². The van der Waals surface area contributed by atoms with Crippen LogP contribution in [0.4, 0.5) is 11.6 Å². The van der Waals surface area contributed by atoms with Gasteiger partial charge in [0.25, 0.3) is 5.91 Å². The molecule has 3 aromatic carbocycles. The minimum atomic E-state index is -0.613. The maximum atomic E-state index is 13.2. The second kappa shape index (κ2) is 13.4. The fraction of sp³-hybridized carbons (Fsp3) is 0.405. The summed E-state index contributed by atoms with van der Waals surface area (Å²) in [5.74, 6) is 1.54. The van der Waals surface area contributed by atoms with E-state index in [-0.39, 0.29) is 35.8 Å². The van der Waals surface area contributed by atoms with Gasteiger partial charge in [0.15, 0.2) is 0 Å². The van der Waals surface area contributed by atoms with E-state index in [4.69, 9.17) is 19.2 Å². The van der Waals surface area contributed by atoms with E-state index in [1.807, 2.05) is 48.5 Å². The van der Waals surface area contributed by atoms with Crippen LogP contribution in [0, 0.1) is 5.41 Å². The molecule has 3 saturated heterocycles. The first-order chi connectivity index (χ1) is 26.1. The normalized spacial score (nSPS) is 22.9. The van der Waals surface area contributed by atoms with E-state index >= 15 is 0 Å². The third kappa shape index (κ3) is 6.52. The van der Waals surface area contributed by atoms with Gasteiger partial charge in [-0.1, -0.05) is 44.2 Å². The summed E-state index contributed by atoms with van der Waals surface area (Å²) in [4.78, 5) is 50.1. The monoisotopic (exact) mass is 728 g/mol. The highest BCUT2D eigenvalue weighted by Crippen LogP contribution is 2.39. The standard InChI is InChI=1S/C42H44N6O6/c1-41(2,27-4-9-32(10-5-27)53-21-30-15-16-43-40(45-30)47-22-42(23-47)24-52-25-42)28-6-11-33(12-7-28)54-34-17-31(18-34)44-29-8-3-26-20-48(39(51)35(26)19-29)36-13-14-37(49)46-38(36)50/h3-12,15-16,19,31,34,36,44H,13-14,17-18,20-25H2,1-2H3,(H,46,49,50). The fourth-order valence-electron chi connectivity index (χ4n) is 8.19. The SMILES string of the molecule is CC(C)(c1ccc(OCc2ccnc(N3CC4(COC4)C3)n2)cc1)c1ccc(OC2CC(Nc3ccc4c(c3)C(=O)N(C3CCC(=O)NC3=O)C4)C2)cc1. The van der Waals surface area contributed by atoms with Crippen LogP contribution < -0.4 is 25.0 Å². The number of fused-ring (bicyclic) bond motifs is 1. The lowest BCUT2D eigenvalue weighted by atomic mass is 9.78. The molecule has 1 aromatic heterocycles. The number of benzene rings is 3. The van der Waals surface area contributed by atoms with Crippen molar-refractivity contribution < 1.29 is 28.6 Å². The Morgan fingerprint density at radius 3 is 2.35 bits per heavy atom. The minimum Gasteiger partial charge on any atom is -0.490 e. The number of nitrogens with one attached hydrogen (secondary N) is 2. The first-order valence-corrected chi connectivity index (χ1v) is 18.8. The third-order valence-corrected chi connectivity index (χ3v) is 11.7. The highest BCUT2D eigenvalue weighted by atomic mass is 16.5. The van der Waals surface area contributed by atoms with E-state index in [9.17, 15) is 14.4 Å². The molecule has 54 heavy (non-hydrogen) atoms. The van der Waals surface area contributed by atoms with Gasteiger partial charge in [-0.25, -0.2) is 9.97 Å². The lowest BCUT2D eigenvalue weighted by Gasteiger charge is -2.54. The van der Waals surface area contributed by atoms with Gasteiger partial charge in [0.1, 0.15) is 30.3 Å². The molecule has 1 spiro atoms. The number of hydrogen-bond donors (Lipinski definition) is 2. The first-order valence-electron chi connectivity index (χ1n) is 18.8. The van der Waals surface area contributed by atoms with E-state index in [0.717, 1.165) is 73.5 Å². The van der Waals surface area contributed by atoms with E-state index in [1.165, 1.54) is 11.1 Å². The van der Waals surface area contributed by atoms with Gasteiger partial charge >= 0.3 is 0 Å². The van der Waals surface area contributed by atoms with Crippen LogP contribution in [0.3, 0.4) is 0 Å². The van der Waals surface area contributed by atoms with Crippen LogP contribution in [0.1, 0.15) is 72.3 Å². The summed E-state index contributed by atoms with van der Waals surface area (Å²) in [5, 5.41) is 5.90. The number of rotatable bonds is 11. The molecule has 3 amide bonds. The summed E-state index contributed by atoms with van der Waals surface area (Å²) in [7, 11) is 0. The Morgan fingerprint density at radius 1 is 0.944 bits per heavy atom. The predicted octanol–water partition coefficient (Wildman–Crippen LogP) is 5.00. The summed E-state index contributed by atoms with van der Waals surface area (Å²) in [6, 6.07) is 24.0. The number of aromatic nitrogens is 2. The Hall–Kier alpha value is -5.49. The molecular formula is C42H44N6O6. The Kier molecular flexibility index (Phi) is 8.52. The van der Waals surface area contributed by atoms with Crippen LogP contribution in [-0.2, 0) is 32.9 Å². The number of piperidine rings is 1. The molecule has 4 aromatic rings. The second-order valence-electron chi connectivity index (χ2n) is 16.0. The number of anilines is 2. The second-order valence-corrected chi connectivity index (χ2v) is 16.0. The number of carbonyl (C=O) groups is 3. The highest BCUT2D eigenvalue weighted by molar-refractivity contribution is 6.05. The van der Waals surface area contributed by atoms with Crippen LogP contribution in [0.25, 0.3) is 0 Å². The van der Waals surface area contributed by atoms with E-state index in [1.54, 1.807) is 11.1 Å². The summed E-state index contributed by atoms with van der Waals surface area (Å²) in [6.45, 7) is 8.76. The molecule has 1 atom stereocenters. The van der Waals surface area contributed by atoms with Crippen molar-refractivity contribution in [3.8, 4) is 11.5 Å². The highest BCUT2D eigenvalue weighted by Gasteiger charge is 2.50. The van der Waals surface area contributed by atoms with Gasteiger partial charge in [-0.3, -0.25) is 19.7 Å². The molecule has 4 fully saturated rings. The van der Waals surface area contributed by atoms with Gasteiger partial charge in [-0.15, -0.1) is 0 Å². The molecule has 1 unspecified atom stereocenters. The number of nitrogens with zero attached hydrogens (tertiary/aromatic N) is 4. The lowest BCUT2D eigenvalue weighted by molar-refractivity contribution is -0.136. The van der Waals surface area contributed by atoms with Gasteiger partial charge in [0.2, 0.25) is 17.8 Å². The summed E-state index contributed by atoms with van der Waals surface area (Å²) in [6.07, 6.45) is 4.20. The summed E-state index contributed by atoms with van der Waals surface area (Å²) < 4.78 is 17.8. The number of amides is 3. The Bertz CT molecular complexity index is 2090. The molecule has 12 nitrogen and oxygen atoms in total. The van der Waals surface area contributed by atoms with E-state index in [2.05, 4.69) is 58.6 Å².